The van der Waals surface area contributed by atoms with E-state index in [0.717, 1.165) is 31.8 Å². The van der Waals surface area contributed by atoms with E-state index in [1.807, 2.05) is 12.1 Å². The van der Waals surface area contributed by atoms with Crippen LogP contribution in [0.5, 0.6) is 5.75 Å². The molecule has 1 aromatic heterocycles. The number of hydrogen-bond acceptors (Lipinski definition) is 2. The van der Waals surface area contributed by atoms with Gasteiger partial charge in [0.15, 0.2) is 0 Å². The fourth-order valence-electron chi connectivity index (χ4n) is 2.94. The van der Waals surface area contributed by atoms with Crippen LogP contribution in [0, 0.1) is 6.92 Å². The summed E-state index contributed by atoms with van der Waals surface area (Å²) in [6.45, 7) is 11.5. The average molecular weight is 300 g/mol. The average Bonchev–Trinajstić information content (AvgIpc) is 2.84. The van der Waals surface area contributed by atoms with Crippen LogP contribution in [0.3, 0.4) is 0 Å². The Labute approximate surface area is 134 Å². The van der Waals surface area contributed by atoms with Crippen molar-refractivity contribution < 1.29 is 4.74 Å². The summed E-state index contributed by atoms with van der Waals surface area (Å²) in [5, 5.41) is 1.28. The van der Waals surface area contributed by atoms with Gasteiger partial charge in [-0.05, 0) is 50.1 Å². The van der Waals surface area contributed by atoms with Crippen LogP contribution in [0.25, 0.3) is 10.9 Å². The predicted molar refractivity (Wildman–Crippen MR) is 94.8 cm³/mol. The minimum Gasteiger partial charge on any atom is -0.497 e. The second kappa shape index (κ2) is 8.04. The molecule has 0 unspecified atom stereocenters. The molecule has 22 heavy (non-hydrogen) atoms. The van der Waals surface area contributed by atoms with Gasteiger partial charge in [-0.3, -0.25) is 4.90 Å². The predicted octanol–water partition coefficient (Wildman–Crippen LogP) is 4.32. The van der Waals surface area contributed by atoms with Crippen LogP contribution in [-0.2, 0) is 6.42 Å². The Morgan fingerprint density at radius 2 is 2.14 bits per heavy atom. The second-order valence-electron chi connectivity index (χ2n) is 5.83. The van der Waals surface area contributed by atoms with E-state index in [4.69, 9.17) is 4.74 Å². The first-order valence-electron chi connectivity index (χ1n) is 8.18. The number of benzene rings is 1. The highest BCUT2D eigenvalue weighted by Gasteiger charge is 2.11. The van der Waals surface area contributed by atoms with Crippen LogP contribution in [0.2, 0.25) is 0 Å². The first kappa shape index (κ1) is 16.6. The van der Waals surface area contributed by atoms with E-state index in [1.54, 1.807) is 7.11 Å². The molecule has 0 bridgehead atoms. The zero-order valence-electron chi connectivity index (χ0n) is 14.1. The van der Waals surface area contributed by atoms with Gasteiger partial charge in [0.2, 0.25) is 0 Å². The first-order valence-corrected chi connectivity index (χ1v) is 8.18. The molecule has 0 fully saturated rings. The molecule has 0 radical (unpaired) electrons. The SMILES string of the molecule is C=CCN(CCCC)CCc1c(C)[nH]c2ccc(OC)cc12. The summed E-state index contributed by atoms with van der Waals surface area (Å²) in [7, 11) is 1.72. The fourth-order valence-corrected chi connectivity index (χ4v) is 2.94. The van der Waals surface area contributed by atoms with Gasteiger partial charge in [-0.2, -0.15) is 0 Å². The van der Waals surface area contributed by atoms with Crippen LogP contribution in [-0.4, -0.2) is 36.6 Å². The third kappa shape index (κ3) is 3.92. The van der Waals surface area contributed by atoms with Crippen molar-refractivity contribution in [2.45, 2.75) is 33.1 Å². The van der Waals surface area contributed by atoms with Crippen LogP contribution in [0.1, 0.15) is 31.0 Å². The van der Waals surface area contributed by atoms with Crippen LogP contribution in [0.4, 0.5) is 0 Å². The Hall–Kier alpha value is -1.74. The Morgan fingerprint density at radius 1 is 1.32 bits per heavy atom. The molecule has 120 valence electrons. The van der Waals surface area contributed by atoms with E-state index >= 15 is 0 Å². The molecule has 2 aromatic rings. The van der Waals surface area contributed by atoms with Crippen LogP contribution in [0.15, 0.2) is 30.9 Å². The number of aromatic amines is 1. The van der Waals surface area contributed by atoms with E-state index in [-0.39, 0.29) is 0 Å². The highest BCUT2D eigenvalue weighted by molar-refractivity contribution is 5.86. The lowest BCUT2D eigenvalue weighted by Crippen LogP contribution is -2.27. The van der Waals surface area contributed by atoms with E-state index in [9.17, 15) is 0 Å². The third-order valence-corrected chi connectivity index (χ3v) is 4.22. The topological polar surface area (TPSA) is 28.3 Å². The van der Waals surface area contributed by atoms with Crippen LogP contribution >= 0.6 is 0 Å². The molecule has 0 spiro atoms. The zero-order chi connectivity index (χ0) is 15.9. The van der Waals surface area contributed by atoms with Crippen molar-refractivity contribution in [2.75, 3.05) is 26.7 Å². The van der Waals surface area contributed by atoms with Gasteiger partial charge in [0, 0.05) is 29.7 Å². The molecular formula is C19H28N2O. The van der Waals surface area contributed by atoms with Gasteiger partial charge in [-0.25, -0.2) is 0 Å². The smallest absolute Gasteiger partial charge is 0.119 e. The van der Waals surface area contributed by atoms with Crippen molar-refractivity contribution in [1.29, 1.82) is 0 Å². The summed E-state index contributed by atoms with van der Waals surface area (Å²) >= 11 is 0. The minimum absolute atomic E-state index is 0.918. The van der Waals surface area contributed by atoms with E-state index in [0.29, 0.717) is 0 Å². The molecule has 0 saturated heterocycles. The maximum absolute atomic E-state index is 5.37. The standard InChI is InChI=1S/C19H28N2O/c1-5-7-12-21(11-6-2)13-10-17-15(3)20-19-9-8-16(22-4)14-18(17)19/h6,8-9,14,20H,2,5,7,10-13H2,1,3-4H3. The maximum atomic E-state index is 5.37. The number of aryl methyl sites for hydroxylation is 1. The van der Waals surface area contributed by atoms with E-state index < -0.39 is 0 Å². The lowest BCUT2D eigenvalue weighted by atomic mass is 10.1. The molecule has 3 heteroatoms. The van der Waals surface area contributed by atoms with Crippen molar-refractivity contribution in [1.82, 2.24) is 9.88 Å². The second-order valence-corrected chi connectivity index (χ2v) is 5.83. The Kier molecular flexibility index (Phi) is 6.08. The number of unbranched alkanes of at least 4 members (excludes halogenated alkanes) is 1. The number of rotatable bonds is 9. The first-order chi connectivity index (χ1) is 10.7. The number of methoxy groups -OCH3 is 1. The van der Waals surface area contributed by atoms with Crippen molar-refractivity contribution >= 4 is 10.9 Å². The number of fused-ring (bicyclic) bond motifs is 1. The summed E-state index contributed by atoms with van der Waals surface area (Å²) in [5.41, 5.74) is 3.86. The van der Waals surface area contributed by atoms with Gasteiger partial charge in [-0.15, -0.1) is 6.58 Å². The van der Waals surface area contributed by atoms with Crippen molar-refractivity contribution in [3.8, 4) is 5.75 Å². The van der Waals surface area contributed by atoms with Gasteiger partial charge in [-0.1, -0.05) is 19.4 Å². The summed E-state index contributed by atoms with van der Waals surface area (Å²) in [6, 6.07) is 6.24. The van der Waals surface area contributed by atoms with Gasteiger partial charge < -0.3 is 9.72 Å². The number of hydrogen-bond donors (Lipinski definition) is 1. The van der Waals surface area contributed by atoms with Gasteiger partial charge in [0.1, 0.15) is 5.75 Å². The fraction of sp³-hybridized carbons (Fsp3) is 0.474. The molecule has 1 N–H and O–H groups in total. The van der Waals surface area contributed by atoms with Crippen LogP contribution < -0.4 is 4.74 Å². The number of nitrogens with zero attached hydrogens (tertiary/aromatic N) is 1. The number of ether oxygens (including phenoxy) is 1. The molecule has 0 aliphatic rings. The molecule has 0 aliphatic carbocycles. The Morgan fingerprint density at radius 3 is 2.82 bits per heavy atom. The number of H-pyrrole nitrogens is 1. The molecule has 0 aliphatic heterocycles. The van der Waals surface area contributed by atoms with Crippen molar-refractivity contribution in [2.24, 2.45) is 0 Å². The third-order valence-electron chi connectivity index (χ3n) is 4.22. The van der Waals surface area contributed by atoms with E-state index in [2.05, 4.69) is 42.4 Å². The highest BCUT2D eigenvalue weighted by atomic mass is 16.5. The van der Waals surface area contributed by atoms with Crippen molar-refractivity contribution in [3.05, 3.63) is 42.1 Å². The summed E-state index contributed by atoms with van der Waals surface area (Å²) in [5.74, 6) is 0.918. The molecule has 0 saturated carbocycles. The molecule has 1 aromatic carbocycles. The Bertz CT molecular complexity index is 615. The van der Waals surface area contributed by atoms with Gasteiger partial charge in [0.25, 0.3) is 0 Å². The number of aromatic nitrogens is 1. The highest BCUT2D eigenvalue weighted by Crippen LogP contribution is 2.26. The molecule has 0 amide bonds. The van der Waals surface area contributed by atoms with Gasteiger partial charge >= 0.3 is 0 Å². The lowest BCUT2D eigenvalue weighted by molar-refractivity contribution is 0.301. The zero-order valence-corrected chi connectivity index (χ0v) is 14.1. The normalized spacial score (nSPS) is 11.3. The Balaban J connectivity index is 2.15. The lowest BCUT2D eigenvalue weighted by Gasteiger charge is -2.20. The van der Waals surface area contributed by atoms with Crippen molar-refractivity contribution in [3.63, 3.8) is 0 Å². The molecule has 2 rings (SSSR count). The molecule has 1 heterocycles. The molecular weight excluding hydrogens is 272 g/mol. The quantitative estimate of drug-likeness (QED) is 0.699. The van der Waals surface area contributed by atoms with Gasteiger partial charge in [0.05, 0.1) is 7.11 Å². The van der Waals surface area contributed by atoms with E-state index in [1.165, 1.54) is 35.0 Å². The molecule has 0 atom stereocenters. The molecule has 3 nitrogen and oxygen atoms in total. The number of nitrogens with one attached hydrogen (secondary N) is 1. The summed E-state index contributed by atoms with van der Waals surface area (Å²) < 4.78 is 5.37. The minimum atomic E-state index is 0.918. The monoisotopic (exact) mass is 300 g/mol. The largest absolute Gasteiger partial charge is 0.497 e. The summed E-state index contributed by atoms with van der Waals surface area (Å²) in [4.78, 5) is 5.96. The maximum Gasteiger partial charge on any atom is 0.119 e. The summed E-state index contributed by atoms with van der Waals surface area (Å²) in [6.07, 6.45) is 5.53.